The number of benzene rings is 1. The fraction of sp³-hybridized carbons (Fsp3) is 0.176. The van der Waals surface area contributed by atoms with Gasteiger partial charge in [-0.3, -0.25) is 4.79 Å². The van der Waals surface area contributed by atoms with E-state index in [2.05, 4.69) is 10.4 Å². The van der Waals surface area contributed by atoms with Crippen LogP contribution in [-0.4, -0.2) is 27.4 Å². The number of rotatable bonds is 7. The van der Waals surface area contributed by atoms with Crippen LogP contribution in [0.5, 0.6) is 0 Å². The number of aliphatic hydroxyl groups excluding tert-OH is 1. The van der Waals surface area contributed by atoms with Crippen LogP contribution < -0.4 is 11.1 Å². The van der Waals surface area contributed by atoms with Crippen molar-refractivity contribution in [3.8, 4) is 10.6 Å². The number of hydrogen-bond donors (Lipinski definition) is 3. The second-order valence-electron chi connectivity index (χ2n) is 5.26. The van der Waals surface area contributed by atoms with E-state index in [0.29, 0.717) is 18.7 Å². The molecular weight excluding hydrogens is 324 g/mol. The molecule has 0 saturated carbocycles. The van der Waals surface area contributed by atoms with E-state index in [1.807, 2.05) is 29.6 Å². The number of thiophene rings is 1. The summed E-state index contributed by atoms with van der Waals surface area (Å²) in [7, 11) is 0. The van der Waals surface area contributed by atoms with Gasteiger partial charge in [-0.2, -0.15) is 5.10 Å². The first-order chi connectivity index (χ1) is 11.7. The van der Waals surface area contributed by atoms with Crippen molar-refractivity contribution in [1.82, 2.24) is 9.78 Å². The van der Waals surface area contributed by atoms with Crippen LogP contribution in [0.4, 0.5) is 5.82 Å². The van der Waals surface area contributed by atoms with E-state index in [-0.39, 0.29) is 6.61 Å². The number of nitrogens with two attached hydrogens (primary N) is 1. The van der Waals surface area contributed by atoms with Crippen molar-refractivity contribution < 1.29 is 9.90 Å². The molecule has 2 heterocycles. The molecule has 0 aliphatic heterocycles. The lowest BCUT2D eigenvalue weighted by atomic mass is 10.1. The average Bonchev–Trinajstić information content (AvgIpc) is 3.23. The maximum Gasteiger partial charge on any atom is 0.248 e. The highest BCUT2D eigenvalue weighted by atomic mass is 32.1. The molecule has 2 aromatic heterocycles. The lowest BCUT2D eigenvalue weighted by molar-refractivity contribution is 0.1000. The molecule has 0 saturated heterocycles. The molecule has 0 unspecified atom stereocenters. The van der Waals surface area contributed by atoms with Crippen LogP contribution in [-0.2, 0) is 13.1 Å². The molecule has 4 N–H and O–H groups in total. The molecule has 7 heteroatoms. The highest BCUT2D eigenvalue weighted by molar-refractivity contribution is 7.13. The Hall–Kier alpha value is -2.64. The SMILES string of the molecule is NC(=O)c1cccc(CNc2cc(-c3cccs3)nn2CCO)c1. The van der Waals surface area contributed by atoms with E-state index in [0.717, 1.165) is 22.0 Å². The first-order valence-corrected chi connectivity index (χ1v) is 8.40. The van der Waals surface area contributed by atoms with Gasteiger partial charge in [0, 0.05) is 18.2 Å². The lowest BCUT2D eigenvalue weighted by Crippen LogP contribution is -2.12. The molecular formula is C17H18N4O2S. The number of primary amides is 1. The minimum absolute atomic E-state index is 0.0113. The van der Waals surface area contributed by atoms with Crippen LogP contribution in [0.1, 0.15) is 15.9 Å². The fourth-order valence-corrected chi connectivity index (χ4v) is 3.08. The van der Waals surface area contributed by atoms with Gasteiger partial charge in [-0.05, 0) is 29.1 Å². The highest BCUT2D eigenvalue weighted by Gasteiger charge is 2.10. The van der Waals surface area contributed by atoms with Crippen LogP contribution in [0.15, 0.2) is 47.8 Å². The minimum atomic E-state index is -0.442. The topological polar surface area (TPSA) is 93.2 Å². The smallest absolute Gasteiger partial charge is 0.248 e. The van der Waals surface area contributed by atoms with E-state index in [9.17, 15) is 9.90 Å². The Morgan fingerprint density at radius 3 is 2.88 bits per heavy atom. The summed E-state index contributed by atoms with van der Waals surface area (Å²) in [6.07, 6.45) is 0. The summed E-state index contributed by atoms with van der Waals surface area (Å²) in [5.41, 5.74) is 7.61. The molecule has 0 fully saturated rings. The third-order valence-electron chi connectivity index (χ3n) is 3.55. The van der Waals surface area contributed by atoms with Crippen LogP contribution in [0.25, 0.3) is 10.6 Å². The molecule has 24 heavy (non-hydrogen) atoms. The zero-order valence-electron chi connectivity index (χ0n) is 13.0. The van der Waals surface area contributed by atoms with Gasteiger partial charge >= 0.3 is 0 Å². The molecule has 6 nitrogen and oxygen atoms in total. The quantitative estimate of drug-likeness (QED) is 0.614. The third-order valence-corrected chi connectivity index (χ3v) is 4.44. The summed E-state index contributed by atoms with van der Waals surface area (Å²) in [6, 6.07) is 13.1. The summed E-state index contributed by atoms with van der Waals surface area (Å²) >= 11 is 1.62. The molecule has 124 valence electrons. The molecule has 1 aromatic carbocycles. The van der Waals surface area contributed by atoms with Gasteiger partial charge in [-0.1, -0.05) is 18.2 Å². The predicted molar refractivity (Wildman–Crippen MR) is 94.9 cm³/mol. The van der Waals surface area contributed by atoms with Crippen LogP contribution >= 0.6 is 11.3 Å². The highest BCUT2D eigenvalue weighted by Crippen LogP contribution is 2.26. The molecule has 0 atom stereocenters. The van der Waals surface area contributed by atoms with Gasteiger partial charge in [-0.15, -0.1) is 11.3 Å². The van der Waals surface area contributed by atoms with Crippen LogP contribution in [0.3, 0.4) is 0 Å². The number of aliphatic hydroxyl groups is 1. The van der Waals surface area contributed by atoms with E-state index < -0.39 is 5.91 Å². The van der Waals surface area contributed by atoms with Crippen molar-refractivity contribution in [1.29, 1.82) is 0 Å². The second-order valence-corrected chi connectivity index (χ2v) is 6.20. The molecule has 0 radical (unpaired) electrons. The Kier molecular flexibility index (Phi) is 4.93. The van der Waals surface area contributed by atoms with Gasteiger partial charge in [0.15, 0.2) is 0 Å². The van der Waals surface area contributed by atoms with Crippen LogP contribution in [0.2, 0.25) is 0 Å². The van der Waals surface area contributed by atoms with Crippen molar-refractivity contribution in [3.05, 3.63) is 59.0 Å². The molecule has 0 aliphatic carbocycles. The van der Waals surface area contributed by atoms with Gasteiger partial charge < -0.3 is 16.2 Å². The number of aromatic nitrogens is 2. The molecule has 3 rings (SSSR count). The van der Waals surface area contributed by atoms with Crippen LogP contribution in [0, 0.1) is 0 Å². The van der Waals surface area contributed by atoms with E-state index in [1.54, 1.807) is 34.2 Å². The molecule has 0 bridgehead atoms. The van der Waals surface area contributed by atoms with Gasteiger partial charge in [0.25, 0.3) is 0 Å². The van der Waals surface area contributed by atoms with Gasteiger partial charge in [0.1, 0.15) is 11.5 Å². The number of amides is 1. The minimum Gasteiger partial charge on any atom is -0.394 e. The number of carbonyl (C=O) groups is 1. The van der Waals surface area contributed by atoms with E-state index in [4.69, 9.17) is 5.73 Å². The van der Waals surface area contributed by atoms with Crippen molar-refractivity contribution in [2.75, 3.05) is 11.9 Å². The lowest BCUT2D eigenvalue weighted by Gasteiger charge is -2.09. The number of carbonyl (C=O) groups excluding carboxylic acids is 1. The normalized spacial score (nSPS) is 10.7. The van der Waals surface area contributed by atoms with Crippen molar-refractivity contribution in [3.63, 3.8) is 0 Å². The number of nitrogens with zero attached hydrogens (tertiary/aromatic N) is 2. The Balaban J connectivity index is 1.79. The Labute approximate surface area is 143 Å². The fourth-order valence-electron chi connectivity index (χ4n) is 2.40. The zero-order chi connectivity index (χ0) is 16.9. The second kappa shape index (κ2) is 7.29. The summed E-state index contributed by atoms with van der Waals surface area (Å²) < 4.78 is 1.74. The maximum atomic E-state index is 11.3. The maximum absolute atomic E-state index is 11.3. The summed E-state index contributed by atoms with van der Waals surface area (Å²) in [5.74, 6) is 0.374. The van der Waals surface area contributed by atoms with E-state index >= 15 is 0 Å². The van der Waals surface area contributed by atoms with Crippen molar-refractivity contribution >= 4 is 23.1 Å². The van der Waals surface area contributed by atoms with Crippen molar-refractivity contribution in [2.24, 2.45) is 5.73 Å². The average molecular weight is 342 g/mol. The first-order valence-electron chi connectivity index (χ1n) is 7.52. The summed E-state index contributed by atoms with van der Waals surface area (Å²) in [4.78, 5) is 12.3. The first kappa shape index (κ1) is 16.2. The standard InChI is InChI=1S/C17H18N4O2S/c18-17(23)13-4-1-3-12(9-13)11-19-16-10-14(15-5-2-8-24-15)20-21(16)6-7-22/h1-5,8-10,19,22H,6-7,11H2,(H2,18,23). The zero-order valence-corrected chi connectivity index (χ0v) is 13.8. The van der Waals surface area contributed by atoms with Gasteiger partial charge in [0.05, 0.1) is 18.0 Å². The Morgan fingerprint density at radius 1 is 1.29 bits per heavy atom. The summed E-state index contributed by atoms with van der Waals surface area (Å²) in [5, 5.41) is 19.1. The summed E-state index contributed by atoms with van der Waals surface area (Å²) in [6.45, 7) is 0.953. The van der Waals surface area contributed by atoms with Gasteiger partial charge in [0.2, 0.25) is 5.91 Å². The number of hydrogen-bond acceptors (Lipinski definition) is 5. The monoisotopic (exact) mass is 342 g/mol. The molecule has 3 aromatic rings. The Morgan fingerprint density at radius 2 is 2.17 bits per heavy atom. The number of nitrogens with one attached hydrogen (secondary N) is 1. The Bertz CT molecular complexity index is 827. The van der Waals surface area contributed by atoms with Crippen molar-refractivity contribution in [2.45, 2.75) is 13.1 Å². The van der Waals surface area contributed by atoms with E-state index in [1.165, 1.54) is 0 Å². The largest absolute Gasteiger partial charge is 0.394 e. The number of anilines is 1. The third kappa shape index (κ3) is 3.64. The molecule has 0 spiro atoms. The molecule has 0 aliphatic rings. The van der Waals surface area contributed by atoms with Gasteiger partial charge in [-0.25, -0.2) is 4.68 Å². The molecule has 1 amide bonds. The predicted octanol–water partition coefficient (Wildman–Crippen LogP) is 2.31.